The first-order valence-electron chi connectivity index (χ1n) is 11.0. The van der Waals surface area contributed by atoms with E-state index in [1.165, 1.54) is 0 Å². The monoisotopic (exact) mass is 423 g/mol. The van der Waals surface area contributed by atoms with E-state index in [-0.39, 0.29) is 11.8 Å². The topological polar surface area (TPSA) is 70.7 Å². The van der Waals surface area contributed by atoms with Gasteiger partial charge in [0.05, 0.1) is 5.56 Å². The second-order valence-electron chi connectivity index (χ2n) is 8.32. The van der Waals surface area contributed by atoms with Crippen LogP contribution in [0.15, 0.2) is 42.5 Å². The third-order valence-electron chi connectivity index (χ3n) is 5.75. The van der Waals surface area contributed by atoms with E-state index in [0.717, 1.165) is 43.6 Å². The van der Waals surface area contributed by atoms with Crippen molar-refractivity contribution < 1.29 is 14.3 Å². The van der Waals surface area contributed by atoms with Crippen molar-refractivity contribution in [3.05, 3.63) is 59.2 Å². The number of nitrogens with one attached hydrogen (secondary N) is 2. The number of carbonyl (C=O) groups is 2. The molecule has 0 bridgehead atoms. The number of aryl methyl sites for hydroxylation is 1. The fraction of sp³-hybridized carbons (Fsp3) is 0.440. The maximum atomic E-state index is 13.0. The Morgan fingerprint density at radius 1 is 1.06 bits per heavy atom. The number of amides is 2. The minimum atomic E-state index is -0.189. The number of hydrogen-bond donors (Lipinski definition) is 2. The molecule has 0 aromatic heterocycles. The Morgan fingerprint density at radius 2 is 1.77 bits per heavy atom. The summed E-state index contributed by atoms with van der Waals surface area (Å²) in [6, 6.07) is 13.0. The summed E-state index contributed by atoms with van der Waals surface area (Å²) in [5.41, 5.74) is 3.81. The molecule has 0 radical (unpaired) electrons. The molecule has 3 rings (SSSR count). The van der Waals surface area contributed by atoms with E-state index in [0.29, 0.717) is 35.9 Å². The molecule has 0 aliphatic carbocycles. The highest BCUT2D eigenvalue weighted by Crippen LogP contribution is 2.29. The predicted octanol–water partition coefficient (Wildman–Crippen LogP) is 4.25. The summed E-state index contributed by atoms with van der Waals surface area (Å²) in [5.74, 6) is 0.387. The van der Waals surface area contributed by atoms with Crippen LogP contribution in [0.4, 0.5) is 11.4 Å². The van der Waals surface area contributed by atoms with Crippen molar-refractivity contribution in [3.63, 3.8) is 0 Å². The predicted molar refractivity (Wildman–Crippen MR) is 125 cm³/mol. The second kappa shape index (κ2) is 11.0. The van der Waals surface area contributed by atoms with Gasteiger partial charge in [0.1, 0.15) is 0 Å². The molecule has 2 N–H and O–H groups in total. The molecular formula is C25H33N3O3. The molecule has 6 heteroatoms. The molecule has 0 unspecified atom stereocenters. The van der Waals surface area contributed by atoms with Crippen LogP contribution >= 0.6 is 0 Å². The maximum Gasteiger partial charge on any atom is 0.255 e. The summed E-state index contributed by atoms with van der Waals surface area (Å²) in [5, 5.41) is 5.91. The van der Waals surface area contributed by atoms with Crippen LogP contribution in [0.5, 0.6) is 0 Å². The Bertz CT molecular complexity index is 887. The van der Waals surface area contributed by atoms with Gasteiger partial charge in [-0.2, -0.15) is 0 Å². The van der Waals surface area contributed by atoms with Gasteiger partial charge < -0.3 is 20.3 Å². The minimum absolute atomic E-state index is 0.129. The van der Waals surface area contributed by atoms with Crippen LogP contribution in [0.25, 0.3) is 0 Å². The van der Waals surface area contributed by atoms with E-state index >= 15 is 0 Å². The molecule has 0 saturated carbocycles. The van der Waals surface area contributed by atoms with Crippen LogP contribution in [0.2, 0.25) is 0 Å². The van der Waals surface area contributed by atoms with Gasteiger partial charge in [-0.25, -0.2) is 0 Å². The minimum Gasteiger partial charge on any atom is -0.385 e. The molecule has 2 amide bonds. The van der Waals surface area contributed by atoms with Crippen molar-refractivity contribution in [2.75, 3.05) is 43.6 Å². The van der Waals surface area contributed by atoms with Gasteiger partial charge in [0.2, 0.25) is 0 Å². The van der Waals surface area contributed by atoms with Crippen molar-refractivity contribution in [2.24, 2.45) is 5.92 Å². The molecule has 1 aliphatic rings. The molecule has 6 nitrogen and oxygen atoms in total. The molecule has 2 aromatic rings. The van der Waals surface area contributed by atoms with Crippen molar-refractivity contribution in [2.45, 2.75) is 33.1 Å². The molecule has 1 fully saturated rings. The number of nitrogens with zero attached hydrogens (tertiary/aromatic N) is 1. The van der Waals surface area contributed by atoms with Crippen LogP contribution in [-0.4, -0.2) is 45.2 Å². The van der Waals surface area contributed by atoms with Gasteiger partial charge in [-0.05, 0) is 62.4 Å². The van der Waals surface area contributed by atoms with E-state index in [9.17, 15) is 9.59 Å². The van der Waals surface area contributed by atoms with Gasteiger partial charge in [0.15, 0.2) is 0 Å². The molecule has 1 saturated heterocycles. The lowest BCUT2D eigenvalue weighted by Crippen LogP contribution is -2.35. The van der Waals surface area contributed by atoms with Gasteiger partial charge in [0.25, 0.3) is 11.8 Å². The van der Waals surface area contributed by atoms with Gasteiger partial charge in [-0.15, -0.1) is 0 Å². The van der Waals surface area contributed by atoms with Crippen molar-refractivity contribution in [3.8, 4) is 0 Å². The zero-order valence-corrected chi connectivity index (χ0v) is 18.7. The Balaban J connectivity index is 1.80. The largest absolute Gasteiger partial charge is 0.385 e. The lowest BCUT2D eigenvalue weighted by atomic mass is 9.97. The third-order valence-corrected chi connectivity index (χ3v) is 5.75. The number of piperidine rings is 1. The lowest BCUT2D eigenvalue weighted by molar-refractivity contribution is 0.0947. The Morgan fingerprint density at radius 3 is 2.45 bits per heavy atom. The molecule has 1 heterocycles. The highest BCUT2D eigenvalue weighted by Gasteiger charge is 2.22. The number of benzene rings is 2. The first-order valence-corrected chi connectivity index (χ1v) is 11.0. The molecule has 166 valence electrons. The van der Waals surface area contributed by atoms with Gasteiger partial charge in [0, 0.05) is 50.3 Å². The van der Waals surface area contributed by atoms with E-state index in [1.807, 2.05) is 31.2 Å². The van der Waals surface area contributed by atoms with Gasteiger partial charge >= 0.3 is 0 Å². The van der Waals surface area contributed by atoms with E-state index in [2.05, 4.69) is 22.5 Å². The molecule has 31 heavy (non-hydrogen) atoms. The standard InChI is InChI=1S/C25H33N3O3/c1-18-5-7-20(8-6-18)24(29)27-21-9-10-23(28-14-11-19(2)12-15-28)22(17-21)25(30)26-13-4-16-31-3/h5-10,17,19H,4,11-16H2,1-3H3,(H,26,30)(H,27,29). The van der Waals surface area contributed by atoms with Crippen LogP contribution in [-0.2, 0) is 4.74 Å². The number of methoxy groups -OCH3 is 1. The fourth-order valence-corrected chi connectivity index (χ4v) is 3.74. The average molecular weight is 424 g/mol. The molecular weight excluding hydrogens is 390 g/mol. The first kappa shape index (κ1) is 22.8. The molecule has 1 aliphatic heterocycles. The van der Waals surface area contributed by atoms with Gasteiger partial charge in [-0.1, -0.05) is 24.6 Å². The third kappa shape index (κ3) is 6.31. The number of hydrogen-bond acceptors (Lipinski definition) is 4. The van der Waals surface area contributed by atoms with Crippen LogP contribution in [0.3, 0.4) is 0 Å². The number of carbonyl (C=O) groups excluding carboxylic acids is 2. The first-order chi connectivity index (χ1) is 15.0. The molecule has 2 aromatic carbocycles. The van der Waals surface area contributed by atoms with Gasteiger partial charge in [-0.3, -0.25) is 9.59 Å². The SMILES string of the molecule is COCCCNC(=O)c1cc(NC(=O)c2ccc(C)cc2)ccc1N1CCC(C)CC1. The number of rotatable bonds is 8. The Hall–Kier alpha value is -2.86. The van der Waals surface area contributed by atoms with Crippen molar-refractivity contribution in [1.29, 1.82) is 0 Å². The maximum absolute atomic E-state index is 13.0. The zero-order valence-electron chi connectivity index (χ0n) is 18.7. The summed E-state index contributed by atoms with van der Waals surface area (Å²) < 4.78 is 5.06. The normalized spacial score (nSPS) is 14.4. The van der Waals surface area contributed by atoms with E-state index < -0.39 is 0 Å². The summed E-state index contributed by atoms with van der Waals surface area (Å²) in [6.07, 6.45) is 2.98. The van der Waals surface area contributed by atoms with Crippen LogP contribution < -0.4 is 15.5 Å². The van der Waals surface area contributed by atoms with Crippen molar-refractivity contribution >= 4 is 23.2 Å². The quantitative estimate of drug-likeness (QED) is 0.623. The fourth-order valence-electron chi connectivity index (χ4n) is 3.74. The summed E-state index contributed by atoms with van der Waals surface area (Å²) >= 11 is 0. The number of anilines is 2. The van der Waals surface area contributed by atoms with E-state index in [4.69, 9.17) is 4.74 Å². The zero-order chi connectivity index (χ0) is 22.2. The Labute approximate surface area is 185 Å². The average Bonchev–Trinajstić information content (AvgIpc) is 2.77. The summed E-state index contributed by atoms with van der Waals surface area (Å²) in [7, 11) is 1.65. The second-order valence-corrected chi connectivity index (χ2v) is 8.32. The van der Waals surface area contributed by atoms with Crippen molar-refractivity contribution in [1.82, 2.24) is 5.32 Å². The molecule has 0 atom stereocenters. The number of ether oxygens (including phenoxy) is 1. The van der Waals surface area contributed by atoms with E-state index in [1.54, 1.807) is 25.3 Å². The highest BCUT2D eigenvalue weighted by molar-refractivity contribution is 6.06. The highest BCUT2D eigenvalue weighted by atomic mass is 16.5. The summed E-state index contributed by atoms with van der Waals surface area (Å²) in [4.78, 5) is 27.9. The Kier molecular flexibility index (Phi) is 8.06. The smallest absolute Gasteiger partial charge is 0.255 e. The van der Waals surface area contributed by atoms with Crippen LogP contribution in [0, 0.1) is 12.8 Å². The molecule has 0 spiro atoms. The van der Waals surface area contributed by atoms with Crippen LogP contribution in [0.1, 0.15) is 52.5 Å². The summed E-state index contributed by atoms with van der Waals surface area (Å²) in [6.45, 7) is 7.26. The lowest BCUT2D eigenvalue weighted by Gasteiger charge is -2.33.